The Morgan fingerprint density at radius 2 is 1.85 bits per heavy atom. The average molecular weight is 468 g/mol. The molecule has 1 aliphatic carbocycles. The number of fused-ring (bicyclic) bond motifs is 3. The van der Waals surface area contributed by atoms with Gasteiger partial charge in [0.15, 0.2) is 11.4 Å². The van der Waals surface area contributed by atoms with Gasteiger partial charge in [-0.15, -0.1) is 10.2 Å². The highest BCUT2D eigenvalue weighted by molar-refractivity contribution is 5.96. The Hall–Kier alpha value is -3.20. The van der Waals surface area contributed by atoms with Crippen molar-refractivity contribution in [3.05, 3.63) is 46.1 Å². The van der Waals surface area contributed by atoms with Crippen LogP contribution in [0.1, 0.15) is 67.6 Å². The maximum atomic E-state index is 13.3. The third kappa shape index (κ3) is 4.70. The van der Waals surface area contributed by atoms with Crippen molar-refractivity contribution in [3.63, 3.8) is 0 Å². The molecule has 0 aliphatic heterocycles. The highest BCUT2D eigenvalue weighted by Gasteiger charge is 2.24. The normalized spacial score (nSPS) is 13.7. The molecule has 0 saturated heterocycles. The van der Waals surface area contributed by atoms with Crippen molar-refractivity contribution in [2.75, 3.05) is 19.8 Å². The number of Topliss-reactive ketones (excluding diaryl/α,β-unsaturated/α-hetero) is 1. The van der Waals surface area contributed by atoms with Gasteiger partial charge in [0.25, 0.3) is 0 Å². The molecule has 34 heavy (non-hydrogen) atoms. The zero-order chi connectivity index (χ0) is 24.5. The van der Waals surface area contributed by atoms with Crippen molar-refractivity contribution in [2.24, 2.45) is 0 Å². The van der Waals surface area contributed by atoms with Gasteiger partial charge in [0.05, 0.1) is 13.2 Å². The molecule has 4 rings (SSSR count). The van der Waals surface area contributed by atoms with Gasteiger partial charge in [-0.3, -0.25) is 10.2 Å². The number of aryl methyl sites for hydroxylation is 1. The molecule has 0 amide bonds. The highest BCUT2D eigenvalue weighted by atomic mass is 16.5. The number of ketones is 1. The van der Waals surface area contributed by atoms with Crippen molar-refractivity contribution >= 4 is 11.4 Å². The number of aromatic nitrogens is 4. The van der Waals surface area contributed by atoms with E-state index in [1.807, 2.05) is 19.1 Å². The lowest BCUT2D eigenvalue weighted by Gasteiger charge is -2.21. The van der Waals surface area contributed by atoms with Crippen LogP contribution in [0, 0.1) is 5.41 Å². The molecule has 2 aromatic heterocycles. The first-order chi connectivity index (χ1) is 16.2. The largest absolute Gasteiger partial charge is 0.491 e. The zero-order valence-electron chi connectivity index (χ0n) is 20.3. The van der Waals surface area contributed by atoms with Gasteiger partial charge in [-0.25, -0.2) is 4.68 Å². The summed E-state index contributed by atoms with van der Waals surface area (Å²) in [7, 11) is 0. The average Bonchev–Trinajstić information content (AvgIpc) is 3.12. The molecule has 0 atom stereocenters. The number of nitrogens with zero attached hydrogens (tertiary/aromatic N) is 4. The lowest BCUT2D eigenvalue weighted by molar-refractivity contribution is 0.0965. The molecule has 1 aromatic carbocycles. The van der Waals surface area contributed by atoms with Gasteiger partial charge in [-0.1, -0.05) is 20.8 Å². The van der Waals surface area contributed by atoms with Crippen molar-refractivity contribution in [2.45, 2.75) is 65.3 Å². The summed E-state index contributed by atoms with van der Waals surface area (Å²) in [5.74, 6) is 0.909. The Morgan fingerprint density at radius 3 is 2.53 bits per heavy atom. The third-order valence-electron chi connectivity index (χ3n) is 6.08. The molecule has 0 fully saturated rings. The summed E-state index contributed by atoms with van der Waals surface area (Å²) in [4.78, 5) is 13.3. The number of carbonyl (C=O) groups excluding carboxylic acids is 1. The van der Waals surface area contributed by atoms with Crippen LogP contribution in [-0.2, 0) is 24.8 Å². The van der Waals surface area contributed by atoms with E-state index in [2.05, 4.69) is 31.0 Å². The maximum absolute atomic E-state index is 13.3. The molecule has 0 radical (unpaired) electrons. The number of rotatable bonds is 8. The smallest absolute Gasteiger partial charge is 0.242 e. The van der Waals surface area contributed by atoms with E-state index in [-0.39, 0.29) is 36.6 Å². The van der Waals surface area contributed by atoms with Crippen LogP contribution in [0.5, 0.6) is 11.6 Å². The van der Waals surface area contributed by atoms with Crippen molar-refractivity contribution in [1.82, 2.24) is 19.4 Å². The quantitative estimate of drug-likeness (QED) is 0.493. The number of hydrogen-bond donors (Lipinski definition) is 2. The Morgan fingerprint density at radius 1 is 1.12 bits per heavy atom. The highest BCUT2D eigenvalue weighted by Crippen LogP contribution is 2.30. The molecular formula is C25H33N5O4. The first-order valence-electron chi connectivity index (χ1n) is 11.8. The summed E-state index contributed by atoms with van der Waals surface area (Å²) in [6, 6.07) is 5.44. The zero-order valence-corrected chi connectivity index (χ0v) is 20.3. The van der Waals surface area contributed by atoms with Crippen molar-refractivity contribution in [3.8, 4) is 11.6 Å². The summed E-state index contributed by atoms with van der Waals surface area (Å²) in [5.41, 5.74) is 4.01. The Labute approximate surface area is 198 Å². The number of aliphatic hydroxyl groups is 1. The molecular weight excluding hydrogens is 434 g/mol. The predicted molar refractivity (Wildman–Crippen MR) is 127 cm³/mol. The van der Waals surface area contributed by atoms with Gasteiger partial charge >= 0.3 is 0 Å². The Kier molecular flexibility index (Phi) is 6.74. The first kappa shape index (κ1) is 23.9. The molecule has 0 bridgehead atoms. The lowest BCUT2D eigenvalue weighted by atomic mass is 9.85. The number of benzene rings is 1. The molecule has 182 valence electrons. The van der Waals surface area contributed by atoms with Crippen LogP contribution >= 0.6 is 0 Å². The van der Waals surface area contributed by atoms with E-state index in [1.165, 1.54) is 9.20 Å². The van der Waals surface area contributed by atoms with E-state index in [0.717, 1.165) is 42.4 Å². The standard InChI is InChI=1S/C25H33N5O4/c1-5-33-23-20-9-7-6-8-19(20)22-27-29(24(26)30(22)28-23)15-21(32)16-12-17(25(2,3)4)14-18(13-16)34-11-10-31/h12-14,26,31H,5-11,15H2,1-4H3. The molecule has 2 N–H and O–H groups in total. The van der Waals surface area contributed by atoms with Gasteiger partial charge < -0.3 is 14.6 Å². The molecule has 0 spiro atoms. The van der Waals surface area contributed by atoms with E-state index >= 15 is 0 Å². The van der Waals surface area contributed by atoms with Crippen LogP contribution in [0.15, 0.2) is 18.2 Å². The lowest BCUT2D eigenvalue weighted by Crippen LogP contribution is -2.27. The fourth-order valence-corrected chi connectivity index (χ4v) is 4.27. The predicted octanol–water partition coefficient (Wildman–Crippen LogP) is 2.84. The van der Waals surface area contributed by atoms with Crippen molar-refractivity contribution in [1.29, 1.82) is 5.41 Å². The minimum absolute atomic E-state index is 0.0291. The van der Waals surface area contributed by atoms with Gasteiger partial charge in [0, 0.05) is 16.7 Å². The molecule has 2 heterocycles. The Bertz CT molecular complexity index is 1270. The van der Waals surface area contributed by atoms with E-state index in [0.29, 0.717) is 29.4 Å². The van der Waals surface area contributed by atoms with Crippen LogP contribution in [-0.4, -0.2) is 50.1 Å². The second-order valence-electron chi connectivity index (χ2n) is 9.61. The molecule has 9 heteroatoms. The van der Waals surface area contributed by atoms with Crippen molar-refractivity contribution < 1.29 is 19.4 Å². The van der Waals surface area contributed by atoms with Gasteiger partial charge in [0.1, 0.15) is 18.9 Å². The molecule has 0 saturated carbocycles. The number of hydrogen-bond acceptors (Lipinski definition) is 7. The van der Waals surface area contributed by atoms with Crippen LogP contribution < -0.4 is 15.1 Å². The fraction of sp³-hybridized carbons (Fsp3) is 0.520. The number of nitrogens with one attached hydrogen (secondary N) is 1. The molecule has 9 nitrogen and oxygen atoms in total. The second kappa shape index (κ2) is 9.58. The monoisotopic (exact) mass is 467 g/mol. The number of ether oxygens (including phenoxy) is 2. The van der Waals surface area contributed by atoms with Crippen LogP contribution in [0.3, 0.4) is 0 Å². The minimum Gasteiger partial charge on any atom is -0.491 e. The third-order valence-corrected chi connectivity index (χ3v) is 6.08. The summed E-state index contributed by atoms with van der Waals surface area (Å²) in [5, 5.41) is 26.9. The van der Waals surface area contributed by atoms with Gasteiger partial charge in [-0.05, 0) is 61.8 Å². The van der Waals surface area contributed by atoms with E-state index < -0.39 is 0 Å². The summed E-state index contributed by atoms with van der Waals surface area (Å²) in [6.45, 7) is 8.56. The Balaban J connectivity index is 1.72. The summed E-state index contributed by atoms with van der Waals surface area (Å²) in [6.07, 6.45) is 3.85. The van der Waals surface area contributed by atoms with E-state index in [1.54, 1.807) is 6.07 Å². The van der Waals surface area contributed by atoms with Gasteiger partial charge in [0.2, 0.25) is 11.5 Å². The molecule has 3 aromatic rings. The first-order valence-corrected chi connectivity index (χ1v) is 11.8. The number of aliphatic hydroxyl groups excluding tert-OH is 1. The van der Waals surface area contributed by atoms with Gasteiger partial charge in [-0.2, -0.15) is 4.52 Å². The van der Waals surface area contributed by atoms with Crippen LogP contribution in [0.4, 0.5) is 0 Å². The molecule has 1 aliphatic rings. The van der Waals surface area contributed by atoms with Crippen LogP contribution in [0.2, 0.25) is 0 Å². The van der Waals surface area contributed by atoms with E-state index in [9.17, 15) is 4.79 Å². The van der Waals surface area contributed by atoms with E-state index in [4.69, 9.17) is 20.0 Å². The number of carbonyl (C=O) groups is 1. The van der Waals surface area contributed by atoms with Crippen LogP contribution in [0.25, 0.3) is 5.65 Å². The summed E-state index contributed by atoms with van der Waals surface area (Å²) >= 11 is 0. The SMILES string of the molecule is CCOc1nn2c(=N)n(CC(=O)c3cc(OCCO)cc(C(C)(C)C)c3)nc2c2c1CCCC2. The summed E-state index contributed by atoms with van der Waals surface area (Å²) < 4.78 is 14.3. The maximum Gasteiger partial charge on any atom is 0.242 e. The minimum atomic E-state index is -0.191. The molecule has 0 unspecified atom stereocenters. The topological polar surface area (TPSA) is 115 Å². The fourth-order valence-electron chi connectivity index (χ4n) is 4.27. The second-order valence-corrected chi connectivity index (χ2v) is 9.61.